The van der Waals surface area contributed by atoms with Crippen molar-refractivity contribution in [3.8, 4) is 0 Å². The van der Waals surface area contributed by atoms with Crippen LogP contribution in [0.2, 0.25) is 0 Å². The summed E-state index contributed by atoms with van der Waals surface area (Å²) in [5.41, 5.74) is 0.613. The molecule has 0 aliphatic carbocycles. The molecule has 0 rings (SSSR count). The third-order valence-electron chi connectivity index (χ3n) is 2.02. The molecule has 0 saturated heterocycles. The Bertz CT molecular complexity index is 157. The summed E-state index contributed by atoms with van der Waals surface area (Å²) in [6, 6.07) is 0. The largest absolute Gasteiger partial charge is 0.463 e. The van der Waals surface area contributed by atoms with Crippen molar-refractivity contribution in [1.29, 1.82) is 0 Å². The van der Waals surface area contributed by atoms with Crippen LogP contribution in [-0.2, 0) is 9.53 Å². The van der Waals surface area contributed by atoms with Crippen molar-refractivity contribution < 1.29 is 9.53 Å². The molecule has 2 nitrogen and oxygen atoms in total. The monoisotopic (exact) mass is 170 g/mol. The van der Waals surface area contributed by atoms with E-state index in [-0.39, 0.29) is 11.9 Å². The number of ether oxygens (including phenoxy) is 1. The van der Waals surface area contributed by atoms with E-state index in [2.05, 4.69) is 20.4 Å². The zero-order chi connectivity index (χ0) is 9.56. The van der Waals surface area contributed by atoms with Crippen molar-refractivity contribution in [3.05, 3.63) is 12.2 Å². The lowest BCUT2D eigenvalue weighted by Gasteiger charge is -2.13. The molecule has 0 fully saturated rings. The molecule has 0 aromatic rings. The molecule has 0 aliphatic rings. The molecule has 12 heavy (non-hydrogen) atoms. The van der Waals surface area contributed by atoms with Crippen LogP contribution in [0.25, 0.3) is 0 Å². The second-order valence-corrected chi connectivity index (χ2v) is 2.76. The fraction of sp³-hybridized carbons (Fsp3) is 0.700. The van der Waals surface area contributed by atoms with Crippen molar-refractivity contribution >= 4 is 5.97 Å². The lowest BCUT2D eigenvalue weighted by molar-refractivity contribution is -0.139. The minimum atomic E-state index is -0.244. The highest BCUT2D eigenvalue weighted by Crippen LogP contribution is 2.17. The van der Waals surface area contributed by atoms with Gasteiger partial charge in [-0.05, 0) is 25.7 Å². The number of esters is 1. The van der Waals surface area contributed by atoms with Crippen molar-refractivity contribution in [2.24, 2.45) is 5.92 Å². The molecule has 0 aromatic carbocycles. The average molecular weight is 170 g/mol. The molecular weight excluding hydrogens is 152 g/mol. The fourth-order valence-corrected chi connectivity index (χ4v) is 1.17. The minimum Gasteiger partial charge on any atom is -0.463 e. The van der Waals surface area contributed by atoms with Gasteiger partial charge in [0.1, 0.15) is 0 Å². The van der Waals surface area contributed by atoms with Crippen LogP contribution < -0.4 is 0 Å². The van der Waals surface area contributed by atoms with Gasteiger partial charge < -0.3 is 4.74 Å². The average Bonchev–Trinajstić information content (AvgIpc) is 2.07. The van der Waals surface area contributed by atoms with Gasteiger partial charge in [-0.15, -0.1) is 0 Å². The van der Waals surface area contributed by atoms with E-state index in [1.807, 2.05) is 0 Å². The fourth-order valence-electron chi connectivity index (χ4n) is 1.17. The Hall–Kier alpha value is -0.790. The van der Waals surface area contributed by atoms with Crippen molar-refractivity contribution in [1.82, 2.24) is 0 Å². The number of hydrogen-bond acceptors (Lipinski definition) is 2. The molecule has 0 heterocycles. The summed E-state index contributed by atoms with van der Waals surface area (Å²) in [5, 5.41) is 0. The Morgan fingerprint density at radius 2 is 1.83 bits per heavy atom. The van der Waals surface area contributed by atoms with Gasteiger partial charge in [0.05, 0.1) is 6.61 Å². The normalized spacial score (nSPS) is 10.0. The Labute approximate surface area is 74.6 Å². The van der Waals surface area contributed by atoms with Crippen molar-refractivity contribution in [2.45, 2.75) is 33.6 Å². The van der Waals surface area contributed by atoms with E-state index in [0.29, 0.717) is 12.2 Å². The Balaban J connectivity index is 4.07. The molecule has 0 aliphatic heterocycles. The van der Waals surface area contributed by atoms with Crippen molar-refractivity contribution in [3.63, 3.8) is 0 Å². The SMILES string of the molecule is C=C(C(=O)OCC)C(CC)CC. The van der Waals surface area contributed by atoms with Crippen molar-refractivity contribution in [2.75, 3.05) is 6.61 Å². The van der Waals surface area contributed by atoms with Gasteiger partial charge in [0.2, 0.25) is 0 Å². The van der Waals surface area contributed by atoms with Gasteiger partial charge in [0, 0.05) is 5.57 Å². The topological polar surface area (TPSA) is 26.3 Å². The maximum absolute atomic E-state index is 11.2. The predicted molar refractivity (Wildman–Crippen MR) is 49.8 cm³/mol. The predicted octanol–water partition coefficient (Wildman–Crippen LogP) is 2.54. The first-order chi connectivity index (χ1) is 5.67. The van der Waals surface area contributed by atoms with Crippen LogP contribution >= 0.6 is 0 Å². The Morgan fingerprint density at radius 3 is 2.17 bits per heavy atom. The maximum Gasteiger partial charge on any atom is 0.333 e. The molecule has 0 spiro atoms. The molecule has 70 valence electrons. The highest BCUT2D eigenvalue weighted by molar-refractivity contribution is 5.88. The maximum atomic E-state index is 11.2. The quantitative estimate of drug-likeness (QED) is 0.468. The van der Waals surface area contributed by atoms with E-state index in [1.54, 1.807) is 6.92 Å². The van der Waals surface area contributed by atoms with Gasteiger partial charge in [0.15, 0.2) is 0 Å². The second-order valence-electron chi connectivity index (χ2n) is 2.76. The molecule has 0 saturated carbocycles. The highest BCUT2D eigenvalue weighted by Gasteiger charge is 2.15. The van der Waals surface area contributed by atoms with Crippen LogP contribution in [0.1, 0.15) is 33.6 Å². The first-order valence-electron chi connectivity index (χ1n) is 4.53. The van der Waals surface area contributed by atoms with Gasteiger partial charge in [0.25, 0.3) is 0 Å². The smallest absolute Gasteiger partial charge is 0.333 e. The van der Waals surface area contributed by atoms with Crippen LogP contribution in [0.3, 0.4) is 0 Å². The Kier molecular flexibility index (Phi) is 5.43. The number of rotatable bonds is 5. The molecular formula is C10H18O2. The van der Waals surface area contributed by atoms with Gasteiger partial charge in [-0.2, -0.15) is 0 Å². The third-order valence-corrected chi connectivity index (χ3v) is 2.02. The number of carbonyl (C=O) groups excluding carboxylic acids is 1. The summed E-state index contributed by atoms with van der Waals surface area (Å²) in [6.07, 6.45) is 1.91. The van der Waals surface area contributed by atoms with E-state index in [0.717, 1.165) is 12.8 Å². The van der Waals surface area contributed by atoms with E-state index >= 15 is 0 Å². The van der Waals surface area contributed by atoms with E-state index in [9.17, 15) is 4.79 Å². The van der Waals surface area contributed by atoms with Gasteiger partial charge >= 0.3 is 5.97 Å². The summed E-state index contributed by atoms with van der Waals surface area (Å²) in [7, 11) is 0. The van der Waals surface area contributed by atoms with Crippen LogP contribution in [-0.4, -0.2) is 12.6 Å². The first kappa shape index (κ1) is 11.2. The molecule has 0 bridgehead atoms. The molecule has 0 unspecified atom stereocenters. The van der Waals surface area contributed by atoms with Crippen LogP contribution in [0, 0.1) is 5.92 Å². The molecule has 2 heteroatoms. The van der Waals surface area contributed by atoms with Gasteiger partial charge in [-0.3, -0.25) is 0 Å². The molecule has 0 aromatic heterocycles. The Morgan fingerprint density at radius 1 is 1.33 bits per heavy atom. The van der Waals surface area contributed by atoms with Gasteiger partial charge in [-0.1, -0.05) is 20.4 Å². The zero-order valence-corrected chi connectivity index (χ0v) is 8.22. The summed E-state index contributed by atoms with van der Waals surface area (Å²) in [4.78, 5) is 11.2. The number of hydrogen-bond donors (Lipinski definition) is 0. The first-order valence-corrected chi connectivity index (χ1v) is 4.53. The minimum absolute atomic E-state index is 0.244. The standard InChI is InChI=1S/C10H18O2/c1-5-9(6-2)8(4)10(11)12-7-3/h9H,4-7H2,1-3H3. The molecule has 0 radical (unpaired) electrons. The second kappa shape index (κ2) is 5.81. The molecule has 0 atom stereocenters. The molecule has 0 N–H and O–H groups in total. The van der Waals surface area contributed by atoms with E-state index in [4.69, 9.17) is 4.74 Å². The zero-order valence-electron chi connectivity index (χ0n) is 8.22. The highest BCUT2D eigenvalue weighted by atomic mass is 16.5. The summed E-state index contributed by atoms with van der Waals surface area (Å²) < 4.78 is 4.85. The van der Waals surface area contributed by atoms with E-state index in [1.165, 1.54) is 0 Å². The summed E-state index contributed by atoms with van der Waals surface area (Å²) in [6.45, 7) is 10.1. The number of carbonyl (C=O) groups is 1. The summed E-state index contributed by atoms with van der Waals surface area (Å²) in [5.74, 6) is 0.0373. The lowest BCUT2D eigenvalue weighted by atomic mass is 9.95. The van der Waals surface area contributed by atoms with E-state index < -0.39 is 0 Å². The summed E-state index contributed by atoms with van der Waals surface area (Å²) >= 11 is 0. The van der Waals surface area contributed by atoms with Gasteiger partial charge in [-0.25, -0.2) is 4.79 Å². The molecule has 0 amide bonds. The van der Waals surface area contributed by atoms with Crippen LogP contribution in [0.5, 0.6) is 0 Å². The van der Waals surface area contributed by atoms with Crippen LogP contribution in [0.4, 0.5) is 0 Å². The lowest BCUT2D eigenvalue weighted by Crippen LogP contribution is -2.14. The van der Waals surface area contributed by atoms with Crippen LogP contribution in [0.15, 0.2) is 12.2 Å². The third kappa shape index (κ3) is 3.07.